The van der Waals surface area contributed by atoms with Crippen LogP contribution < -0.4 is 4.90 Å². The lowest BCUT2D eigenvalue weighted by molar-refractivity contribution is -0.386. The van der Waals surface area contributed by atoms with Gasteiger partial charge in [-0.25, -0.2) is 4.98 Å². The number of nitrogens with zero attached hydrogens (tertiary/aromatic N) is 5. The first-order chi connectivity index (χ1) is 12.4. The monoisotopic (exact) mass is 371 g/mol. The normalized spacial score (nSPS) is 10.7. The summed E-state index contributed by atoms with van der Waals surface area (Å²) in [6.45, 7) is 4.89. The second kappa shape index (κ2) is 7.04. The van der Waals surface area contributed by atoms with Gasteiger partial charge in [-0.05, 0) is 32.9 Å². The zero-order chi connectivity index (χ0) is 18.8. The third-order valence-electron chi connectivity index (χ3n) is 3.87. The Labute approximate surface area is 153 Å². The average molecular weight is 371 g/mol. The molecule has 0 saturated carbocycles. The minimum Gasteiger partial charge on any atom is -0.272 e. The summed E-state index contributed by atoms with van der Waals surface area (Å²) in [5.41, 5.74) is 2.08. The lowest BCUT2D eigenvalue weighted by Crippen LogP contribution is -2.30. The molecule has 2 aromatic heterocycles. The summed E-state index contributed by atoms with van der Waals surface area (Å²) in [7, 11) is 0. The highest BCUT2D eigenvalue weighted by molar-refractivity contribution is 7.14. The molecule has 0 aliphatic carbocycles. The summed E-state index contributed by atoms with van der Waals surface area (Å²) in [5.74, 6) is -0.272. The maximum absolute atomic E-state index is 13.0. The molecule has 9 heteroatoms. The van der Waals surface area contributed by atoms with E-state index in [-0.39, 0.29) is 23.8 Å². The Hall–Kier alpha value is -3.07. The van der Waals surface area contributed by atoms with Crippen LogP contribution in [0.4, 0.5) is 16.5 Å². The number of hydrogen-bond donors (Lipinski definition) is 0. The Morgan fingerprint density at radius 3 is 2.50 bits per heavy atom. The third-order valence-corrected chi connectivity index (χ3v) is 4.82. The summed E-state index contributed by atoms with van der Waals surface area (Å²) in [6, 6.07) is 9.18. The second-order valence-corrected chi connectivity index (χ2v) is 6.61. The van der Waals surface area contributed by atoms with Gasteiger partial charge in [0.15, 0.2) is 5.13 Å². The molecule has 0 spiro atoms. The van der Waals surface area contributed by atoms with Gasteiger partial charge in [-0.2, -0.15) is 5.10 Å². The SMILES string of the molecule is Cc1csc(N(C(=O)Cn2nc(C)c([N+](=O)[O-])c2C)c2ccccc2)n1. The number of para-hydroxylation sites is 1. The van der Waals surface area contributed by atoms with Crippen LogP contribution in [-0.2, 0) is 11.3 Å². The highest BCUT2D eigenvalue weighted by Crippen LogP contribution is 2.29. The molecule has 0 bridgehead atoms. The summed E-state index contributed by atoms with van der Waals surface area (Å²) in [4.78, 5) is 29.6. The Morgan fingerprint density at radius 2 is 1.96 bits per heavy atom. The number of benzene rings is 1. The van der Waals surface area contributed by atoms with Gasteiger partial charge >= 0.3 is 5.69 Å². The highest BCUT2D eigenvalue weighted by atomic mass is 32.1. The van der Waals surface area contributed by atoms with E-state index in [2.05, 4.69) is 10.1 Å². The Bertz CT molecular complexity index is 964. The number of amides is 1. The van der Waals surface area contributed by atoms with Crippen molar-refractivity contribution in [3.8, 4) is 0 Å². The maximum Gasteiger partial charge on any atom is 0.312 e. The first kappa shape index (κ1) is 17.7. The van der Waals surface area contributed by atoms with Crippen LogP contribution in [0.3, 0.4) is 0 Å². The molecule has 0 N–H and O–H groups in total. The molecule has 3 rings (SSSR count). The molecule has 0 fully saturated rings. The van der Waals surface area contributed by atoms with Gasteiger partial charge < -0.3 is 0 Å². The fourth-order valence-electron chi connectivity index (χ4n) is 2.69. The Balaban J connectivity index is 1.97. The van der Waals surface area contributed by atoms with E-state index in [9.17, 15) is 14.9 Å². The van der Waals surface area contributed by atoms with Gasteiger partial charge in [-0.15, -0.1) is 11.3 Å². The van der Waals surface area contributed by atoms with Crippen molar-refractivity contribution in [1.29, 1.82) is 0 Å². The number of aryl methyl sites for hydroxylation is 2. The Morgan fingerprint density at radius 1 is 1.27 bits per heavy atom. The summed E-state index contributed by atoms with van der Waals surface area (Å²) in [5, 5.41) is 17.7. The van der Waals surface area contributed by atoms with Crippen molar-refractivity contribution in [2.45, 2.75) is 27.3 Å². The summed E-state index contributed by atoms with van der Waals surface area (Å²) < 4.78 is 1.37. The fraction of sp³-hybridized carbons (Fsp3) is 0.235. The average Bonchev–Trinajstić information content (AvgIpc) is 3.12. The van der Waals surface area contributed by atoms with Crippen molar-refractivity contribution < 1.29 is 9.72 Å². The van der Waals surface area contributed by atoms with Crippen molar-refractivity contribution in [3.05, 3.63) is 62.9 Å². The van der Waals surface area contributed by atoms with E-state index in [1.807, 2.05) is 42.6 Å². The van der Waals surface area contributed by atoms with Gasteiger partial charge in [-0.1, -0.05) is 18.2 Å². The van der Waals surface area contributed by atoms with Crippen LogP contribution in [0.1, 0.15) is 17.1 Å². The molecular weight excluding hydrogens is 354 g/mol. The lowest BCUT2D eigenvalue weighted by atomic mass is 10.3. The van der Waals surface area contributed by atoms with E-state index in [0.717, 1.165) is 5.69 Å². The number of anilines is 2. The third kappa shape index (κ3) is 3.33. The van der Waals surface area contributed by atoms with Crippen LogP contribution in [0.15, 0.2) is 35.7 Å². The largest absolute Gasteiger partial charge is 0.312 e. The molecule has 1 aromatic carbocycles. The van der Waals surface area contributed by atoms with E-state index in [0.29, 0.717) is 16.5 Å². The fourth-order valence-corrected chi connectivity index (χ4v) is 3.52. The predicted molar refractivity (Wildman–Crippen MR) is 98.8 cm³/mol. The zero-order valence-electron chi connectivity index (χ0n) is 14.5. The summed E-state index contributed by atoms with van der Waals surface area (Å²) in [6.07, 6.45) is 0. The smallest absolute Gasteiger partial charge is 0.272 e. The van der Waals surface area contributed by atoms with Crippen LogP contribution in [0, 0.1) is 30.9 Å². The number of carbonyl (C=O) groups excluding carboxylic acids is 1. The van der Waals surface area contributed by atoms with Crippen molar-refractivity contribution in [3.63, 3.8) is 0 Å². The molecule has 0 unspecified atom stereocenters. The van der Waals surface area contributed by atoms with Crippen LogP contribution in [0.5, 0.6) is 0 Å². The quantitative estimate of drug-likeness (QED) is 0.505. The van der Waals surface area contributed by atoms with Gasteiger partial charge in [0.2, 0.25) is 0 Å². The van der Waals surface area contributed by atoms with Crippen molar-refractivity contribution >= 4 is 33.8 Å². The molecule has 2 heterocycles. The number of nitro groups is 1. The molecular formula is C17H17N5O3S. The van der Waals surface area contributed by atoms with E-state index in [4.69, 9.17) is 0 Å². The maximum atomic E-state index is 13.0. The predicted octanol–water partition coefficient (Wildman–Crippen LogP) is 3.54. The van der Waals surface area contributed by atoms with Crippen molar-refractivity contribution in [2.24, 2.45) is 0 Å². The van der Waals surface area contributed by atoms with Gasteiger partial charge in [0, 0.05) is 5.38 Å². The minimum atomic E-state index is -0.474. The minimum absolute atomic E-state index is 0.0610. The standard InChI is InChI=1S/C17H17N5O3S/c1-11-10-26-17(18-11)21(14-7-5-4-6-8-14)15(23)9-20-13(3)16(22(24)25)12(2)19-20/h4-8,10H,9H2,1-3H3. The highest BCUT2D eigenvalue weighted by Gasteiger charge is 2.26. The molecule has 1 amide bonds. The van der Waals surface area contributed by atoms with Gasteiger partial charge in [0.05, 0.1) is 16.3 Å². The molecule has 8 nitrogen and oxygen atoms in total. The molecule has 134 valence electrons. The van der Waals surface area contributed by atoms with Crippen molar-refractivity contribution in [2.75, 3.05) is 4.90 Å². The van der Waals surface area contributed by atoms with E-state index >= 15 is 0 Å². The lowest BCUT2D eigenvalue weighted by Gasteiger charge is -2.20. The van der Waals surface area contributed by atoms with Gasteiger partial charge in [0.25, 0.3) is 5.91 Å². The molecule has 3 aromatic rings. The van der Waals surface area contributed by atoms with Gasteiger partial charge in [-0.3, -0.25) is 24.5 Å². The molecule has 0 radical (unpaired) electrons. The number of rotatable bonds is 5. The van der Waals surface area contributed by atoms with Crippen LogP contribution in [0.2, 0.25) is 0 Å². The first-order valence-corrected chi connectivity index (χ1v) is 8.75. The first-order valence-electron chi connectivity index (χ1n) is 7.87. The second-order valence-electron chi connectivity index (χ2n) is 5.77. The number of hydrogen-bond acceptors (Lipinski definition) is 6. The summed E-state index contributed by atoms with van der Waals surface area (Å²) >= 11 is 1.36. The number of thiazole rings is 1. The molecule has 26 heavy (non-hydrogen) atoms. The van der Waals surface area contributed by atoms with Crippen LogP contribution in [0.25, 0.3) is 0 Å². The topological polar surface area (TPSA) is 94.2 Å². The zero-order valence-corrected chi connectivity index (χ0v) is 15.4. The van der Waals surface area contributed by atoms with E-state index in [1.54, 1.807) is 13.8 Å². The van der Waals surface area contributed by atoms with Crippen LogP contribution in [-0.4, -0.2) is 25.6 Å². The van der Waals surface area contributed by atoms with Gasteiger partial charge in [0.1, 0.15) is 17.9 Å². The molecule has 0 aliphatic rings. The Kier molecular flexibility index (Phi) is 4.81. The molecule has 0 atom stereocenters. The molecule has 0 aliphatic heterocycles. The van der Waals surface area contributed by atoms with Crippen molar-refractivity contribution in [1.82, 2.24) is 14.8 Å². The number of aromatic nitrogens is 3. The van der Waals surface area contributed by atoms with Crippen LogP contribution >= 0.6 is 11.3 Å². The molecule has 0 saturated heterocycles. The number of carbonyl (C=O) groups is 1. The van der Waals surface area contributed by atoms with E-state index < -0.39 is 4.92 Å². The van der Waals surface area contributed by atoms with E-state index in [1.165, 1.54) is 20.9 Å².